The summed E-state index contributed by atoms with van der Waals surface area (Å²) in [6.07, 6.45) is -1.39. The molecule has 1 atom stereocenters. The van der Waals surface area contributed by atoms with E-state index in [1.165, 1.54) is 11.3 Å². The van der Waals surface area contributed by atoms with Crippen LogP contribution in [0.3, 0.4) is 0 Å². The Morgan fingerprint density at radius 2 is 2.21 bits per heavy atom. The first kappa shape index (κ1) is 11.7. The largest absolute Gasteiger partial charge is 0.479 e. The first-order valence-electron chi connectivity index (χ1n) is 4.01. The lowest BCUT2D eigenvalue weighted by Crippen LogP contribution is -2.39. The Morgan fingerprint density at radius 1 is 1.64 bits per heavy atom. The molecule has 0 radical (unpaired) electrons. The quantitative estimate of drug-likeness (QED) is 0.892. The molecule has 1 unspecified atom stereocenters. The molecule has 78 valence electrons. The fourth-order valence-electron chi connectivity index (χ4n) is 1.11. The predicted octanol–water partition coefficient (Wildman–Crippen LogP) is 2.23. The fourth-order valence-corrected chi connectivity index (χ4v) is 2.45. The van der Waals surface area contributed by atoms with Crippen LogP contribution in [0, 0.1) is 0 Å². The number of aliphatic hydroxyl groups is 1. The van der Waals surface area contributed by atoms with Crippen LogP contribution in [0.15, 0.2) is 15.2 Å². The third-order valence-electron chi connectivity index (χ3n) is 2.23. The molecule has 3 nitrogen and oxygen atoms in total. The average molecular weight is 279 g/mol. The van der Waals surface area contributed by atoms with Gasteiger partial charge in [0, 0.05) is 5.41 Å². The summed E-state index contributed by atoms with van der Waals surface area (Å²) in [5.41, 5.74) is 0.0539. The average Bonchev–Trinajstić information content (AvgIpc) is 2.50. The van der Waals surface area contributed by atoms with E-state index in [-0.39, 0.29) is 0 Å². The Kier molecular flexibility index (Phi) is 3.34. The van der Waals surface area contributed by atoms with E-state index >= 15 is 0 Å². The second-order valence-electron chi connectivity index (χ2n) is 3.60. The Balaban J connectivity index is 3.01. The van der Waals surface area contributed by atoms with Gasteiger partial charge in [-0.3, -0.25) is 0 Å². The summed E-state index contributed by atoms with van der Waals surface area (Å²) in [7, 11) is 0. The second kappa shape index (κ2) is 4.00. The van der Waals surface area contributed by atoms with Crippen LogP contribution >= 0.6 is 27.3 Å². The van der Waals surface area contributed by atoms with Gasteiger partial charge in [0.25, 0.3) is 0 Å². The maximum absolute atomic E-state index is 10.7. The molecule has 0 fully saturated rings. The van der Waals surface area contributed by atoms with Crippen molar-refractivity contribution >= 4 is 33.2 Å². The van der Waals surface area contributed by atoms with Gasteiger partial charge in [0.15, 0.2) is 6.10 Å². The molecule has 1 aromatic rings. The zero-order valence-corrected chi connectivity index (χ0v) is 10.2. The molecular weight excluding hydrogens is 268 g/mol. The van der Waals surface area contributed by atoms with Gasteiger partial charge in [-0.15, -0.1) is 11.3 Å². The zero-order valence-electron chi connectivity index (χ0n) is 7.82. The summed E-state index contributed by atoms with van der Waals surface area (Å²) in [4.78, 5) is 10.7. The van der Waals surface area contributed by atoms with Crippen LogP contribution in [0.5, 0.6) is 0 Å². The maximum Gasteiger partial charge on any atom is 0.333 e. The molecule has 1 rings (SSSR count). The number of carboxylic acid groups (broad SMARTS) is 1. The van der Waals surface area contributed by atoms with Gasteiger partial charge < -0.3 is 10.2 Å². The van der Waals surface area contributed by atoms with Gasteiger partial charge in [0.2, 0.25) is 0 Å². The zero-order chi connectivity index (χ0) is 10.9. The molecule has 1 aromatic heterocycles. The third-order valence-corrected chi connectivity index (χ3v) is 3.73. The summed E-state index contributed by atoms with van der Waals surface area (Å²) in [6, 6.07) is 1.83. The van der Waals surface area contributed by atoms with Gasteiger partial charge in [0.05, 0.1) is 3.79 Å². The molecule has 0 aliphatic rings. The van der Waals surface area contributed by atoms with E-state index in [9.17, 15) is 9.90 Å². The van der Waals surface area contributed by atoms with Crippen molar-refractivity contribution in [3.63, 3.8) is 0 Å². The molecule has 14 heavy (non-hydrogen) atoms. The molecule has 2 N–H and O–H groups in total. The molecule has 0 spiro atoms. The molecule has 0 saturated heterocycles. The van der Waals surface area contributed by atoms with Crippen molar-refractivity contribution in [2.75, 3.05) is 0 Å². The van der Waals surface area contributed by atoms with Crippen LogP contribution in [0.2, 0.25) is 0 Å². The van der Waals surface area contributed by atoms with Gasteiger partial charge in [0.1, 0.15) is 0 Å². The summed E-state index contributed by atoms with van der Waals surface area (Å²) >= 11 is 4.77. The van der Waals surface area contributed by atoms with E-state index in [2.05, 4.69) is 15.9 Å². The Bertz CT molecular complexity index is 346. The topological polar surface area (TPSA) is 57.5 Å². The fraction of sp³-hybridized carbons (Fsp3) is 0.444. The second-order valence-corrected chi connectivity index (χ2v) is 5.89. The van der Waals surface area contributed by atoms with Crippen molar-refractivity contribution in [1.29, 1.82) is 0 Å². The lowest BCUT2D eigenvalue weighted by molar-refractivity contribution is -0.150. The minimum atomic E-state index is -1.39. The van der Waals surface area contributed by atoms with Crippen LogP contribution in [0.4, 0.5) is 0 Å². The molecule has 0 aliphatic carbocycles. The molecule has 0 amide bonds. The minimum Gasteiger partial charge on any atom is -0.479 e. The van der Waals surface area contributed by atoms with Crippen LogP contribution < -0.4 is 0 Å². The van der Waals surface area contributed by atoms with Crippen molar-refractivity contribution in [2.45, 2.75) is 25.4 Å². The minimum absolute atomic E-state index is 0.769. The van der Waals surface area contributed by atoms with E-state index in [0.717, 1.165) is 9.35 Å². The highest BCUT2D eigenvalue weighted by atomic mass is 79.9. The van der Waals surface area contributed by atoms with Crippen molar-refractivity contribution in [3.8, 4) is 0 Å². The predicted molar refractivity (Wildman–Crippen MR) is 58.7 cm³/mol. The lowest BCUT2D eigenvalue weighted by atomic mass is 9.81. The van der Waals surface area contributed by atoms with E-state index in [0.29, 0.717) is 0 Å². The Labute approximate surface area is 94.5 Å². The van der Waals surface area contributed by atoms with Gasteiger partial charge >= 0.3 is 5.97 Å². The number of hydrogen-bond acceptors (Lipinski definition) is 3. The number of aliphatic hydroxyl groups excluding tert-OH is 1. The van der Waals surface area contributed by atoms with Crippen LogP contribution in [-0.2, 0) is 10.2 Å². The van der Waals surface area contributed by atoms with Crippen LogP contribution in [0.1, 0.15) is 19.4 Å². The smallest absolute Gasteiger partial charge is 0.333 e. The molecule has 1 heterocycles. The van der Waals surface area contributed by atoms with E-state index in [1.807, 2.05) is 11.4 Å². The number of carboxylic acids is 1. The van der Waals surface area contributed by atoms with E-state index in [4.69, 9.17) is 5.11 Å². The SMILES string of the molecule is CC(C)(c1csc(Br)c1)C(O)C(=O)O. The van der Waals surface area contributed by atoms with Crippen molar-refractivity contribution < 1.29 is 15.0 Å². The molecule has 5 heteroatoms. The van der Waals surface area contributed by atoms with Crippen LogP contribution in [-0.4, -0.2) is 22.3 Å². The molecular formula is C9H11BrO3S. The monoisotopic (exact) mass is 278 g/mol. The number of hydrogen-bond donors (Lipinski definition) is 2. The third kappa shape index (κ3) is 2.16. The highest BCUT2D eigenvalue weighted by molar-refractivity contribution is 9.11. The normalized spacial score (nSPS) is 14.0. The number of carbonyl (C=O) groups is 1. The van der Waals surface area contributed by atoms with Crippen LogP contribution in [0.25, 0.3) is 0 Å². The number of halogens is 1. The number of aliphatic carboxylic acids is 1. The van der Waals surface area contributed by atoms with Crippen molar-refractivity contribution in [2.24, 2.45) is 0 Å². The highest BCUT2D eigenvalue weighted by Crippen LogP contribution is 2.33. The molecule has 0 bridgehead atoms. The van der Waals surface area contributed by atoms with Gasteiger partial charge in [-0.2, -0.15) is 0 Å². The molecule has 0 aliphatic heterocycles. The van der Waals surface area contributed by atoms with Crippen molar-refractivity contribution in [1.82, 2.24) is 0 Å². The Morgan fingerprint density at radius 3 is 2.57 bits per heavy atom. The Hall–Kier alpha value is -0.390. The molecule has 0 aromatic carbocycles. The summed E-state index contributed by atoms with van der Waals surface area (Å²) in [6.45, 7) is 3.42. The first-order chi connectivity index (χ1) is 6.35. The highest BCUT2D eigenvalue weighted by Gasteiger charge is 2.35. The summed E-state index contributed by atoms with van der Waals surface area (Å²) in [5.74, 6) is -1.20. The standard InChI is InChI=1S/C9H11BrO3S/c1-9(2,7(11)8(12)13)5-3-6(10)14-4-5/h3-4,7,11H,1-2H3,(H,12,13). The summed E-state index contributed by atoms with van der Waals surface area (Å²) in [5, 5.41) is 20.1. The number of rotatable bonds is 3. The van der Waals surface area contributed by atoms with Crippen molar-refractivity contribution in [3.05, 3.63) is 20.8 Å². The summed E-state index contributed by atoms with van der Waals surface area (Å²) < 4.78 is 0.929. The molecule has 0 saturated carbocycles. The lowest BCUT2D eigenvalue weighted by Gasteiger charge is -2.26. The number of thiophene rings is 1. The first-order valence-corrected chi connectivity index (χ1v) is 5.68. The maximum atomic E-state index is 10.7. The van der Waals surface area contributed by atoms with E-state index < -0.39 is 17.5 Å². The van der Waals surface area contributed by atoms with Gasteiger partial charge in [-0.05, 0) is 32.9 Å². The van der Waals surface area contributed by atoms with E-state index in [1.54, 1.807) is 13.8 Å². The van der Waals surface area contributed by atoms with Gasteiger partial charge in [-0.25, -0.2) is 4.79 Å². The van der Waals surface area contributed by atoms with Gasteiger partial charge in [-0.1, -0.05) is 13.8 Å².